The number of ether oxygens (including phenoxy) is 2. The van der Waals surface area contributed by atoms with Crippen LogP contribution in [0.2, 0.25) is 0 Å². The van der Waals surface area contributed by atoms with Gasteiger partial charge in [-0.15, -0.1) is 0 Å². The minimum Gasteiger partial charge on any atom is -0.488 e. The summed E-state index contributed by atoms with van der Waals surface area (Å²) < 4.78 is 11.2. The molecule has 0 amide bonds. The van der Waals surface area contributed by atoms with Crippen LogP contribution in [0.4, 0.5) is 0 Å². The molecule has 0 spiro atoms. The second-order valence-electron chi connectivity index (χ2n) is 6.22. The Bertz CT molecular complexity index is 454. The third kappa shape index (κ3) is 3.97. The Labute approximate surface area is 120 Å². The number of carbonyl (C=O) groups excluding carboxylic acids is 1. The average molecular weight is 277 g/mol. The molecule has 1 aliphatic rings. The van der Waals surface area contributed by atoms with Crippen molar-refractivity contribution in [2.24, 2.45) is 0 Å². The molecule has 0 aliphatic carbocycles. The number of para-hydroxylation sites is 1. The summed E-state index contributed by atoms with van der Waals surface area (Å²) in [5, 5.41) is 3.18. The van der Waals surface area contributed by atoms with Gasteiger partial charge in [0.05, 0.1) is 0 Å². The zero-order chi connectivity index (χ0) is 14.8. The van der Waals surface area contributed by atoms with Gasteiger partial charge in [-0.25, -0.2) is 0 Å². The first kappa shape index (κ1) is 14.9. The topological polar surface area (TPSA) is 47.6 Å². The predicted molar refractivity (Wildman–Crippen MR) is 77.9 cm³/mol. The lowest BCUT2D eigenvalue weighted by Crippen LogP contribution is -2.43. The Balaban J connectivity index is 1.78. The molecule has 1 N–H and O–H groups in total. The molecule has 1 aromatic carbocycles. The van der Waals surface area contributed by atoms with E-state index in [1.54, 1.807) is 0 Å². The fourth-order valence-corrected chi connectivity index (χ4v) is 2.15. The number of benzene rings is 1. The smallest absolute Gasteiger partial charge is 0.323 e. The summed E-state index contributed by atoms with van der Waals surface area (Å²) in [6.07, 6.45) is 0.960. The van der Waals surface area contributed by atoms with Crippen LogP contribution in [0.15, 0.2) is 24.3 Å². The third-order valence-corrected chi connectivity index (χ3v) is 3.13. The first-order valence-corrected chi connectivity index (χ1v) is 7.06. The number of hydrogen-bond acceptors (Lipinski definition) is 4. The summed E-state index contributed by atoms with van der Waals surface area (Å²) in [6, 6.07) is 7.71. The second-order valence-corrected chi connectivity index (χ2v) is 6.22. The van der Waals surface area contributed by atoms with E-state index >= 15 is 0 Å². The van der Waals surface area contributed by atoms with Gasteiger partial charge in [-0.05, 0) is 39.3 Å². The van der Waals surface area contributed by atoms with Gasteiger partial charge in [0.2, 0.25) is 0 Å². The van der Waals surface area contributed by atoms with E-state index in [0.717, 1.165) is 12.2 Å². The first-order valence-electron chi connectivity index (χ1n) is 7.06. The molecule has 1 aromatic rings. The Morgan fingerprint density at radius 2 is 2.15 bits per heavy atom. The van der Waals surface area contributed by atoms with Crippen molar-refractivity contribution >= 4 is 5.97 Å². The van der Waals surface area contributed by atoms with E-state index in [2.05, 4.69) is 11.4 Å². The molecule has 0 fully saturated rings. The van der Waals surface area contributed by atoms with Crippen molar-refractivity contribution in [2.75, 3.05) is 6.54 Å². The van der Waals surface area contributed by atoms with E-state index in [-0.39, 0.29) is 18.1 Å². The van der Waals surface area contributed by atoms with Crippen LogP contribution in [0.5, 0.6) is 5.75 Å². The van der Waals surface area contributed by atoms with Crippen LogP contribution in [-0.4, -0.2) is 30.3 Å². The van der Waals surface area contributed by atoms with Crippen molar-refractivity contribution in [1.29, 1.82) is 0 Å². The average Bonchev–Trinajstić information content (AvgIpc) is 2.76. The lowest BCUT2D eigenvalue weighted by Gasteiger charge is -2.23. The largest absolute Gasteiger partial charge is 0.488 e. The molecule has 0 saturated carbocycles. The molecular formula is C16H23NO3. The van der Waals surface area contributed by atoms with Crippen LogP contribution in [0.3, 0.4) is 0 Å². The summed E-state index contributed by atoms with van der Waals surface area (Å²) in [5.74, 6) is 0.720. The molecule has 1 heterocycles. The van der Waals surface area contributed by atoms with Crippen LogP contribution in [0.25, 0.3) is 0 Å². The zero-order valence-electron chi connectivity index (χ0n) is 12.6. The fraction of sp³-hybridized carbons (Fsp3) is 0.562. The monoisotopic (exact) mass is 277 g/mol. The van der Waals surface area contributed by atoms with Gasteiger partial charge in [0.1, 0.15) is 23.5 Å². The minimum absolute atomic E-state index is 0.0808. The number of hydrogen-bond donors (Lipinski definition) is 1. The molecule has 2 atom stereocenters. The quantitative estimate of drug-likeness (QED) is 0.858. The van der Waals surface area contributed by atoms with Crippen molar-refractivity contribution in [3.05, 3.63) is 29.8 Å². The van der Waals surface area contributed by atoms with E-state index in [4.69, 9.17) is 9.47 Å². The van der Waals surface area contributed by atoms with Gasteiger partial charge in [0.15, 0.2) is 0 Å². The van der Waals surface area contributed by atoms with Crippen molar-refractivity contribution < 1.29 is 14.3 Å². The lowest BCUT2D eigenvalue weighted by molar-refractivity contribution is -0.157. The SMILES string of the molecule is CC(NCC1Cc2ccccc2O1)C(=O)OC(C)(C)C. The number of fused-ring (bicyclic) bond motifs is 1. The van der Waals surface area contributed by atoms with Gasteiger partial charge < -0.3 is 14.8 Å². The van der Waals surface area contributed by atoms with Crippen molar-refractivity contribution in [3.63, 3.8) is 0 Å². The van der Waals surface area contributed by atoms with Gasteiger partial charge in [0.25, 0.3) is 0 Å². The highest BCUT2D eigenvalue weighted by molar-refractivity contribution is 5.75. The van der Waals surface area contributed by atoms with Crippen LogP contribution in [-0.2, 0) is 16.0 Å². The van der Waals surface area contributed by atoms with Crippen molar-refractivity contribution in [2.45, 2.75) is 51.9 Å². The Hall–Kier alpha value is -1.55. The second kappa shape index (κ2) is 5.83. The van der Waals surface area contributed by atoms with E-state index in [1.807, 2.05) is 45.9 Å². The summed E-state index contributed by atoms with van der Waals surface area (Å²) in [4.78, 5) is 11.9. The molecule has 2 unspecified atom stereocenters. The maximum atomic E-state index is 11.9. The number of esters is 1. The van der Waals surface area contributed by atoms with E-state index in [1.165, 1.54) is 5.56 Å². The maximum absolute atomic E-state index is 11.9. The minimum atomic E-state index is -0.451. The number of carbonyl (C=O) groups is 1. The molecule has 0 saturated heterocycles. The van der Waals surface area contributed by atoms with E-state index < -0.39 is 5.60 Å². The van der Waals surface area contributed by atoms with E-state index in [9.17, 15) is 4.79 Å². The molecule has 110 valence electrons. The third-order valence-electron chi connectivity index (χ3n) is 3.13. The van der Waals surface area contributed by atoms with Gasteiger partial charge in [-0.2, -0.15) is 0 Å². The first-order chi connectivity index (χ1) is 9.35. The summed E-state index contributed by atoms with van der Waals surface area (Å²) in [5.41, 5.74) is 0.775. The van der Waals surface area contributed by atoms with Gasteiger partial charge >= 0.3 is 5.97 Å². The number of nitrogens with one attached hydrogen (secondary N) is 1. The van der Waals surface area contributed by atoms with Crippen molar-refractivity contribution in [3.8, 4) is 5.75 Å². The molecule has 0 aromatic heterocycles. The van der Waals surface area contributed by atoms with Crippen LogP contribution in [0, 0.1) is 0 Å². The molecule has 0 radical (unpaired) electrons. The lowest BCUT2D eigenvalue weighted by atomic mass is 10.1. The standard InChI is InChI=1S/C16H23NO3/c1-11(15(18)20-16(2,3)4)17-10-13-9-12-7-5-6-8-14(12)19-13/h5-8,11,13,17H,9-10H2,1-4H3. The van der Waals surface area contributed by atoms with Gasteiger partial charge in [-0.1, -0.05) is 18.2 Å². The highest BCUT2D eigenvalue weighted by Gasteiger charge is 2.25. The number of rotatable bonds is 4. The van der Waals surface area contributed by atoms with E-state index in [0.29, 0.717) is 6.54 Å². The molecule has 2 rings (SSSR count). The Morgan fingerprint density at radius 3 is 2.80 bits per heavy atom. The van der Waals surface area contributed by atoms with Gasteiger partial charge in [-0.3, -0.25) is 4.79 Å². The molecular weight excluding hydrogens is 254 g/mol. The predicted octanol–water partition coefficient (Wildman–Crippen LogP) is 2.31. The Kier molecular flexibility index (Phi) is 4.33. The van der Waals surface area contributed by atoms with Crippen LogP contribution < -0.4 is 10.1 Å². The molecule has 1 aliphatic heterocycles. The van der Waals surface area contributed by atoms with Crippen molar-refractivity contribution in [1.82, 2.24) is 5.32 Å². The summed E-state index contributed by atoms with van der Waals surface area (Å²) >= 11 is 0. The maximum Gasteiger partial charge on any atom is 0.323 e. The summed E-state index contributed by atoms with van der Waals surface area (Å²) in [6.45, 7) is 8.06. The molecule has 4 nitrogen and oxygen atoms in total. The molecule has 0 bridgehead atoms. The summed E-state index contributed by atoms with van der Waals surface area (Å²) in [7, 11) is 0. The van der Waals surface area contributed by atoms with Crippen LogP contribution in [0.1, 0.15) is 33.3 Å². The highest BCUT2D eigenvalue weighted by Crippen LogP contribution is 2.27. The van der Waals surface area contributed by atoms with Crippen LogP contribution >= 0.6 is 0 Å². The normalized spacial score (nSPS) is 19.1. The highest BCUT2D eigenvalue weighted by atomic mass is 16.6. The molecule has 20 heavy (non-hydrogen) atoms. The van der Waals surface area contributed by atoms with Gasteiger partial charge in [0, 0.05) is 13.0 Å². The fourth-order valence-electron chi connectivity index (χ4n) is 2.15. The zero-order valence-corrected chi connectivity index (χ0v) is 12.6. The Morgan fingerprint density at radius 1 is 1.45 bits per heavy atom. The molecule has 4 heteroatoms.